The summed E-state index contributed by atoms with van der Waals surface area (Å²) >= 11 is 0. The molecule has 0 bridgehead atoms. The van der Waals surface area contributed by atoms with Crippen molar-refractivity contribution in [3.05, 3.63) is 71.8 Å². The van der Waals surface area contributed by atoms with Crippen LogP contribution in [0.1, 0.15) is 38.2 Å². The Morgan fingerprint density at radius 1 is 1.03 bits per heavy atom. The predicted octanol–water partition coefficient (Wildman–Crippen LogP) is 6.04. The number of para-hydroxylation sites is 1. The highest BCUT2D eigenvalue weighted by Crippen LogP contribution is 2.32. The van der Waals surface area contributed by atoms with E-state index in [0.717, 1.165) is 43.5 Å². The lowest BCUT2D eigenvalue weighted by atomic mass is 9.90. The van der Waals surface area contributed by atoms with Crippen LogP contribution in [-0.2, 0) is 16.2 Å². The molecule has 0 fully saturated rings. The number of hydrogen-bond donors (Lipinski definition) is 0. The molecule has 0 N–H and O–H groups in total. The summed E-state index contributed by atoms with van der Waals surface area (Å²) in [6, 6.07) is 12.3. The molecule has 0 aromatic heterocycles. The molecule has 1 atom stereocenters. The minimum atomic E-state index is -4.51. The highest BCUT2D eigenvalue weighted by molar-refractivity contribution is 7.92. The van der Waals surface area contributed by atoms with Crippen molar-refractivity contribution in [3.63, 3.8) is 0 Å². The lowest BCUT2D eigenvalue weighted by Gasteiger charge is -2.26. The number of benzene rings is 2. The van der Waals surface area contributed by atoms with Crippen LogP contribution in [0.2, 0.25) is 0 Å². The molecule has 29 heavy (non-hydrogen) atoms. The largest absolute Gasteiger partial charge is 0.416 e. The zero-order chi connectivity index (χ0) is 21.1. The van der Waals surface area contributed by atoms with Gasteiger partial charge in [0.25, 0.3) is 10.0 Å². The summed E-state index contributed by atoms with van der Waals surface area (Å²) in [5.41, 5.74) is 0.855. The first-order valence-corrected chi connectivity index (χ1v) is 11.0. The van der Waals surface area contributed by atoms with Gasteiger partial charge in [-0.15, -0.1) is 0 Å². The molecule has 0 aliphatic heterocycles. The minimum absolute atomic E-state index is 0.152. The zero-order valence-electron chi connectivity index (χ0n) is 16.2. The molecule has 0 spiro atoms. The molecule has 1 aliphatic carbocycles. The van der Waals surface area contributed by atoms with Crippen molar-refractivity contribution in [1.82, 2.24) is 0 Å². The molecule has 7 heteroatoms. The summed E-state index contributed by atoms with van der Waals surface area (Å²) in [4.78, 5) is -0.152. The van der Waals surface area contributed by atoms with Crippen LogP contribution in [0.15, 0.2) is 71.1 Å². The molecule has 1 aliphatic rings. The van der Waals surface area contributed by atoms with Gasteiger partial charge in [0.05, 0.1) is 16.1 Å². The summed E-state index contributed by atoms with van der Waals surface area (Å²) in [7, 11) is -3.99. The summed E-state index contributed by atoms with van der Waals surface area (Å²) in [6.07, 6.45) is 1.30. The predicted molar refractivity (Wildman–Crippen MR) is 108 cm³/mol. The summed E-state index contributed by atoms with van der Waals surface area (Å²) in [6.45, 7) is 2.44. The van der Waals surface area contributed by atoms with E-state index in [-0.39, 0.29) is 11.4 Å². The fraction of sp³-hybridized carbons (Fsp3) is 0.364. The smallest absolute Gasteiger partial charge is 0.266 e. The van der Waals surface area contributed by atoms with E-state index in [1.165, 1.54) is 9.88 Å². The SMILES string of the molecule is CC1CC=C(CCN(c2ccccc2)S(=O)(=O)c2ccc(C(F)(F)F)cc2)CC1. The van der Waals surface area contributed by atoms with Gasteiger partial charge in [0.15, 0.2) is 0 Å². The normalized spacial score (nSPS) is 17.7. The monoisotopic (exact) mass is 423 g/mol. The summed E-state index contributed by atoms with van der Waals surface area (Å²) in [5.74, 6) is 0.639. The summed E-state index contributed by atoms with van der Waals surface area (Å²) < 4.78 is 66.3. The number of rotatable bonds is 6. The number of anilines is 1. The third kappa shape index (κ3) is 5.21. The van der Waals surface area contributed by atoms with Gasteiger partial charge in [0, 0.05) is 6.54 Å². The number of allylic oxidation sites excluding steroid dienone is 1. The van der Waals surface area contributed by atoms with Crippen molar-refractivity contribution in [3.8, 4) is 0 Å². The van der Waals surface area contributed by atoms with Gasteiger partial charge in [-0.2, -0.15) is 13.2 Å². The third-order valence-electron chi connectivity index (χ3n) is 5.22. The van der Waals surface area contributed by atoms with Crippen molar-refractivity contribution in [2.75, 3.05) is 10.8 Å². The Morgan fingerprint density at radius 2 is 1.69 bits per heavy atom. The molecule has 2 aromatic rings. The lowest BCUT2D eigenvalue weighted by Crippen LogP contribution is -2.32. The molecular formula is C22H24F3NO2S. The Morgan fingerprint density at radius 3 is 2.24 bits per heavy atom. The Bertz CT molecular complexity index is 952. The van der Waals surface area contributed by atoms with Crippen LogP contribution in [0, 0.1) is 5.92 Å². The van der Waals surface area contributed by atoms with E-state index in [0.29, 0.717) is 18.0 Å². The Kier molecular flexibility index (Phi) is 6.36. The van der Waals surface area contributed by atoms with E-state index in [2.05, 4.69) is 13.0 Å². The van der Waals surface area contributed by atoms with Crippen LogP contribution in [0.4, 0.5) is 18.9 Å². The molecule has 0 saturated heterocycles. The van der Waals surface area contributed by atoms with Gasteiger partial charge in [0.2, 0.25) is 0 Å². The van der Waals surface area contributed by atoms with Gasteiger partial charge in [-0.25, -0.2) is 8.42 Å². The molecule has 0 heterocycles. The second-order valence-corrected chi connectivity index (χ2v) is 9.29. The maximum atomic E-state index is 13.2. The molecule has 0 saturated carbocycles. The van der Waals surface area contributed by atoms with Crippen LogP contribution in [0.5, 0.6) is 0 Å². The van der Waals surface area contributed by atoms with Gasteiger partial charge in [-0.05, 0) is 68.0 Å². The van der Waals surface area contributed by atoms with Crippen LogP contribution in [0.3, 0.4) is 0 Å². The van der Waals surface area contributed by atoms with Crippen LogP contribution in [0.25, 0.3) is 0 Å². The second kappa shape index (κ2) is 8.61. The Labute approximate surface area is 169 Å². The Balaban J connectivity index is 1.88. The third-order valence-corrected chi connectivity index (χ3v) is 7.06. The van der Waals surface area contributed by atoms with Crippen molar-refractivity contribution in [1.29, 1.82) is 0 Å². The number of sulfonamides is 1. The zero-order valence-corrected chi connectivity index (χ0v) is 17.0. The van der Waals surface area contributed by atoms with Gasteiger partial charge < -0.3 is 0 Å². The van der Waals surface area contributed by atoms with Crippen LogP contribution >= 0.6 is 0 Å². The molecule has 0 radical (unpaired) electrons. The first-order chi connectivity index (χ1) is 13.7. The number of halogens is 3. The van der Waals surface area contributed by atoms with Gasteiger partial charge in [0.1, 0.15) is 0 Å². The molecular weight excluding hydrogens is 399 g/mol. The van der Waals surface area contributed by atoms with Crippen molar-refractivity contribution < 1.29 is 21.6 Å². The standard InChI is InChI=1S/C22H24F3NO2S/c1-17-7-9-18(10-8-17)15-16-26(20-5-3-2-4-6-20)29(27,28)21-13-11-19(12-14-21)22(23,24)25/h2-6,9,11-14,17H,7-8,10,15-16H2,1H3. The second-order valence-electron chi connectivity index (χ2n) is 7.43. The summed E-state index contributed by atoms with van der Waals surface area (Å²) in [5, 5.41) is 0. The highest BCUT2D eigenvalue weighted by Gasteiger charge is 2.31. The molecule has 2 aromatic carbocycles. The fourth-order valence-corrected chi connectivity index (χ4v) is 4.88. The number of alkyl halides is 3. The van der Waals surface area contributed by atoms with Gasteiger partial charge >= 0.3 is 6.18 Å². The van der Waals surface area contributed by atoms with Gasteiger partial charge in [-0.1, -0.05) is 36.8 Å². The lowest BCUT2D eigenvalue weighted by molar-refractivity contribution is -0.137. The quantitative estimate of drug-likeness (QED) is 0.532. The fourth-order valence-electron chi connectivity index (χ4n) is 3.42. The molecule has 1 unspecified atom stereocenters. The van der Waals surface area contributed by atoms with E-state index in [4.69, 9.17) is 0 Å². The van der Waals surface area contributed by atoms with Crippen LogP contribution < -0.4 is 4.31 Å². The molecule has 3 nitrogen and oxygen atoms in total. The van der Waals surface area contributed by atoms with E-state index < -0.39 is 21.8 Å². The minimum Gasteiger partial charge on any atom is -0.266 e. The highest BCUT2D eigenvalue weighted by atomic mass is 32.2. The average molecular weight is 424 g/mol. The van der Waals surface area contributed by atoms with Crippen molar-refractivity contribution in [2.24, 2.45) is 5.92 Å². The van der Waals surface area contributed by atoms with E-state index in [1.54, 1.807) is 30.3 Å². The number of hydrogen-bond acceptors (Lipinski definition) is 2. The molecule has 0 amide bonds. The topological polar surface area (TPSA) is 37.4 Å². The molecule has 3 rings (SSSR count). The molecule has 156 valence electrons. The first kappa shape index (κ1) is 21.4. The average Bonchev–Trinajstić information content (AvgIpc) is 2.70. The maximum Gasteiger partial charge on any atom is 0.416 e. The first-order valence-electron chi connectivity index (χ1n) is 9.61. The number of nitrogens with zero attached hydrogens (tertiary/aromatic N) is 1. The van der Waals surface area contributed by atoms with E-state index in [1.807, 2.05) is 0 Å². The van der Waals surface area contributed by atoms with Crippen molar-refractivity contribution >= 4 is 15.7 Å². The van der Waals surface area contributed by atoms with Crippen molar-refractivity contribution in [2.45, 2.75) is 43.7 Å². The van der Waals surface area contributed by atoms with E-state index >= 15 is 0 Å². The van der Waals surface area contributed by atoms with Gasteiger partial charge in [-0.3, -0.25) is 4.31 Å². The maximum absolute atomic E-state index is 13.2. The Hall–Kier alpha value is -2.28. The van der Waals surface area contributed by atoms with E-state index in [9.17, 15) is 21.6 Å². The van der Waals surface area contributed by atoms with Crippen LogP contribution in [-0.4, -0.2) is 15.0 Å².